The van der Waals surface area contributed by atoms with Gasteiger partial charge in [0.15, 0.2) is 0 Å². The third-order valence-electron chi connectivity index (χ3n) is 1.79. The van der Waals surface area contributed by atoms with Crippen LogP contribution in [0.5, 0.6) is 0 Å². The topological polar surface area (TPSA) is 15.6 Å². The molecule has 1 aromatic rings. The number of hydrogen-bond acceptors (Lipinski definition) is 2. The Morgan fingerprint density at radius 1 is 1.46 bits per heavy atom. The summed E-state index contributed by atoms with van der Waals surface area (Å²) >= 11 is 4.90. The number of rotatable bonds is 1. The summed E-state index contributed by atoms with van der Waals surface area (Å²) in [5, 5.41) is 0. The highest BCUT2D eigenvalue weighted by Gasteiger charge is 2.12. The van der Waals surface area contributed by atoms with E-state index in [-0.39, 0.29) is 5.82 Å². The molecule has 0 fully saturated rings. The molecule has 1 aliphatic heterocycles. The largest absolute Gasteiger partial charge is 0.325 e. The van der Waals surface area contributed by atoms with Crippen molar-refractivity contribution in [2.45, 2.75) is 0 Å². The normalized spacial score (nSPS) is 15.5. The maximum atomic E-state index is 12.8. The van der Waals surface area contributed by atoms with Crippen LogP contribution in [0.3, 0.4) is 0 Å². The number of benzene rings is 1. The van der Waals surface area contributed by atoms with Gasteiger partial charge in [0.25, 0.3) is 0 Å². The van der Waals surface area contributed by atoms with Gasteiger partial charge in [0.2, 0.25) is 0 Å². The molecule has 4 heteroatoms. The molecule has 1 heterocycles. The fourth-order valence-electron chi connectivity index (χ4n) is 1.17. The lowest BCUT2D eigenvalue weighted by molar-refractivity contribution is 0.628. The quantitative estimate of drug-likeness (QED) is 0.635. The Morgan fingerprint density at radius 2 is 2.31 bits per heavy atom. The van der Waals surface area contributed by atoms with Crippen LogP contribution < -0.4 is 4.90 Å². The predicted octanol–water partition coefficient (Wildman–Crippen LogP) is 2.00. The molecule has 0 bridgehead atoms. The van der Waals surface area contributed by atoms with Crippen LogP contribution >= 0.6 is 12.2 Å². The predicted molar refractivity (Wildman–Crippen MR) is 54.8 cm³/mol. The molecule has 0 atom stereocenters. The average Bonchev–Trinajstić information content (AvgIpc) is 2.52. The van der Waals surface area contributed by atoms with E-state index in [1.807, 2.05) is 11.0 Å². The van der Waals surface area contributed by atoms with E-state index in [2.05, 4.69) is 4.99 Å². The molecule has 0 saturated carbocycles. The monoisotopic (exact) mass is 194 g/mol. The Kier molecular flexibility index (Phi) is 2.06. The average molecular weight is 194 g/mol. The van der Waals surface area contributed by atoms with Gasteiger partial charge in [-0.25, -0.2) is 9.38 Å². The third-order valence-corrected chi connectivity index (χ3v) is 2.02. The zero-order valence-corrected chi connectivity index (χ0v) is 7.59. The SMILES string of the molecule is Fc1cccc(N2C=NC(=S)C2)c1. The van der Waals surface area contributed by atoms with E-state index in [4.69, 9.17) is 12.2 Å². The van der Waals surface area contributed by atoms with E-state index in [0.29, 0.717) is 11.5 Å². The van der Waals surface area contributed by atoms with E-state index in [1.165, 1.54) is 12.1 Å². The molecule has 1 aliphatic rings. The molecule has 0 saturated heterocycles. The number of halogens is 1. The van der Waals surface area contributed by atoms with E-state index < -0.39 is 0 Å². The summed E-state index contributed by atoms with van der Waals surface area (Å²) in [6, 6.07) is 6.36. The summed E-state index contributed by atoms with van der Waals surface area (Å²) < 4.78 is 12.8. The summed E-state index contributed by atoms with van der Waals surface area (Å²) in [7, 11) is 0. The van der Waals surface area contributed by atoms with Crippen molar-refractivity contribution in [1.82, 2.24) is 0 Å². The molecule has 0 amide bonds. The van der Waals surface area contributed by atoms with Crippen molar-refractivity contribution in [3.05, 3.63) is 30.1 Å². The van der Waals surface area contributed by atoms with Gasteiger partial charge in [-0.3, -0.25) is 0 Å². The fraction of sp³-hybridized carbons (Fsp3) is 0.111. The van der Waals surface area contributed by atoms with Crippen molar-refractivity contribution >= 4 is 29.2 Å². The minimum Gasteiger partial charge on any atom is -0.325 e. The second-order valence-electron chi connectivity index (χ2n) is 2.75. The fourth-order valence-corrected chi connectivity index (χ4v) is 1.36. The maximum Gasteiger partial charge on any atom is 0.125 e. The smallest absolute Gasteiger partial charge is 0.125 e. The van der Waals surface area contributed by atoms with Crippen LogP contribution in [0.1, 0.15) is 0 Å². The van der Waals surface area contributed by atoms with Crippen molar-refractivity contribution in [2.24, 2.45) is 4.99 Å². The molecular formula is C9H7FN2S. The summed E-state index contributed by atoms with van der Waals surface area (Å²) in [4.78, 5) is 6.37. The van der Waals surface area contributed by atoms with Crippen molar-refractivity contribution in [3.63, 3.8) is 0 Å². The van der Waals surface area contributed by atoms with Crippen LogP contribution in [0, 0.1) is 5.82 Å². The van der Waals surface area contributed by atoms with E-state index >= 15 is 0 Å². The highest BCUT2D eigenvalue weighted by molar-refractivity contribution is 7.80. The zero-order chi connectivity index (χ0) is 9.26. The van der Waals surface area contributed by atoms with Crippen molar-refractivity contribution in [2.75, 3.05) is 11.4 Å². The first-order valence-corrected chi connectivity index (χ1v) is 4.26. The first-order valence-electron chi connectivity index (χ1n) is 3.85. The molecule has 0 radical (unpaired) electrons. The summed E-state index contributed by atoms with van der Waals surface area (Å²) in [6.07, 6.45) is 1.62. The van der Waals surface area contributed by atoms with Gasteiger partial charge in [0.05, 0.1) is 12.9 Å². The molecule has 13 heavy (non-hydrogen) atoms. The molecule has 0 spiro atoms. The molecule has 2 nitrogen and oxygen atoms in total. The van der Waals surface area contributed by atoms with E-state index in [9.17, 15) is 4.39 Å². The van der Waals surface area contributed by atoms with Gasteiger partial charge in [-0.05, 0) is 18.2 Å². The number of anilines is 1. The maximum absolute atomic E-state index is 12.8. The number of hydrogen-bond donors (Lipinski definition) is 0. The Balaban J connectivity index is 2.27. The van der Waals surface area contributed by atoms with Gasteiger partial charge in [-0.2, -0.15) is 0 Å². The van der Waals surface area contributed by atoms with Crippen LogP contribution in [-0.4, -0.2) is 17.9 Å². The van der Waals surface area contributed by atoms with Gasteiger partial charge in [0.1, 0.15) is 10.8 Å². The van der Waals surface area contributed by atoms with Crippen molar-refractivity contribution in [1.29, 1.82) is 0 Å². The molecule has 2 rings (SSSR count). The van der Waals surface area contributed by atoms with Gasteiger partial charge >= 0.3 is 0 Å². The highest BCUT2D eigenvalue weighted by atomic mass is 32.1. The van der Waals surface area contributed by atoms with Crippen LogP contribution in [0.15, 0.2) is 29.3 Å². The van der Waals surface area contributed by atoms with E-state index in [0.717, 1.165) is 5.69 Å². The molecule has 1 aromatic carbocycles. The van der Waals surface area contributed by atoms with Crippen LogP contribution in [-0.2, 0) is 0 Å². The zero-order valence-electron chi connectivity index (χ0n) is 6.77. The van der Waals surface area contributed by atoms with Gasteiger partial charge in [0, 0.05) is 5.69 Å². The lowest BCUT2D eigenvalue weighted by atomic mass is 10.3. The molecule has 0 aromatic heterocycles. The van der Waals surface area contributed by atoms with Crippen LogP contribution in [0.4, 0.5) is 10.1 Å². The summed E-state index contributed by atoms with van der Waals surface area (Å²) in [5.74, 6) is -0.247. The molecule has 0 N–H and O–H groups in total. The van der Waals surface area contributed by atoms with Gasteiger partial charge in [-0.1, -0.05) is 18.3 Å². The standard InChI is InChI=1S/C9H7FN2S/c10-7-2-1-3-8(4-7)12-5-9(13)11-6-12/h1-4,6H,5H2. The first kappa shape index (κ1) is 8.31. The minimum atomic E-state index is -0.247. The Morgan fingerprint density at radius 3 is 2.92 bits per heavy atom. The Bertz CT molecular complexity index is 376. The Labute approximate surface area is 80.7 Å². The molecule has 66 valence electrons. The molecule has 0 aliphatic carbocycles. The molecular weight excluding hydrogens is 187 g/mol. The number of nitrogens with zero attached hydrogens (tertiary/aromatic N) is 2. The van der Waals surface area contributed by atoms with Crippen LogP contribution in [0.25, 0.3) is 0 Å². The summed E-state index contributed by atoms with van der Waals surface area (Å²) in [5.41, 5.74) is 0.781. The number of thiocarbonyl (C=S) groups is 1. The Hall–Kier alpha value is -1.29. The van der Waals surface area contributed by atoms with E-state index in [1.54, 1.807) is 12.4 Å². The van der Waals surface area contributed by atoms with Crippen molar-refractivity contribution in [3.8, 4) is 0 Å². The van der Waals surface area contributed by atoms with Crippen molar-refractivity contribution < 1.29 is 4.39 Å². The number of aliphatic imine (C=N–C) groups is 1. The lowest BCUT2D eigenvalue weighted by Gasteiger charge is -2.12. The molecule has 0 unspecified atom stereocenters. The first-order chi connectivity index (χ1) is 6.25. The van der Waals surface area contributed by atoms with Gasteiger partial charge in [-0.15, -0.1) is 0 Å². The summed E-state index contributed by atoms with van der Waals surface area (Å²) in [6.45, 7) is 0.568. The van der Waals surface area contributed by atoms with Crippen LogP contribution in [0.2, 0.25) is 0 Å². The highest BCUT2D eigenvalue weighted by Crippen LogP contribution is 2.16. The van der Waals surface area contributed by atoms with Gasteiger partial charge < -0.3 is 4.90 Å². The second-order valence-corrected chi connectivity index (χ2v) is 3.22. The minimum absolute atomic E-state index is 0.247. The third kappa shape index (κ3) is 1.72. The second kappa shape index (κ2) is 3.22. The lowest BCUT2D eigenvalue weighted by Crippen LogP contribution is -2.19.